The first-order valence-electron chi connectivity index (χ1n) is 9.29. The van der Waals surface area contributed by atoms with Gasteiger partial charge in [0.2, 0.25) is 0 Å². The number of piperidine rings is 1. The summed E-state index contributed by atoms with van der Waals surface area (Å²) in [5.41, 5.74) is 2.32. The van der Waals surface area contributed by atoms with Crippen LogP contribution in [-0.2, 0) is 12.1 Å². The van der Waals surface area contributed by atoms with Gasteiger partial charge in [-0.25, -0.2) is 0 Å². The maximum Gasteiger partial charge on any atom is 0.115 e. The van der Waals surface area contributed by atoms with Gasteiger partial charge in [0, 0.05) is 37.7 Å². The number of nitrogens with zero attached hydrogens (tertiary/aromatic N) is 2. The summed E-state index contributed by atoms with van der Waals surface area (Å²) in [5.74, 6) is 0.428. The fourth-order valence-corrected chi connectivity index (χ4v) is 5.18. The normalized spacial score (nSPS) is 28.9. The van der Waals surface area contributed by atoms with E-state index in [1.54, 1.807) is 6.20 Å². The number of pyridine rings is 1. The van der Waals surface area contributed by atoms with Crippen molar-refractivity contribution in [2.45, 2.75) is 38.3 Å². The van der Waals surface area contributed by atoms with Gasteiger partial charge in [0.1, 0.15) is 5.60 Å². The molecule has 1 saturated heterocycles. The van der Waals surface area contributed by atoms with Gasteiger partial charge in [-0.05, 0) is 49.1 Å². The van der Waals surface area contributed by atoms with E-state index in [2.05, 4.69) is 22.9 Å². The molecule has 2 aromatic rings. The summed E-state index contributed by atoms with van der Waals surface area (Å²) in [6.45, 7) is 4.64. The highest BCUT2D eigenvalue weighted by Crippen LogP contribution is 2.49. The Labute approximate surface area is 165 Å². The second-order valence-electron chi connectivity index (χ2n) is 7.76. The lowest BCUT2D eigenvalue weighted by atomic mass is 9.63. The fraction of sp³-hybridized carbons (Fsp3) is 0.476. The Bertz CT molecular complexity index is 796. The summed E-state index contributed by atoms with van der Waals surface area (Å²) in [5, 5.41) is 12.9. The van der Waals surface area contributed by atoms with Crippen LogP contribution in [0.3, 0.4) is 0 Å². The Morgan fingerprint density at radius 3 is 2.54 bits per heavy atom. The SMILES string of the molecule is Cc1cccnc1C1(O)[C@@H]2CCC[C@H]1CN(Cc1ccc(Cl)c(Cl)c1)C2. The highest BCUT2D eigenvalue weighted by molar-refractivity contribution is 6.42. The third-order valence-electron chi connectivity index (χ3n) is 6.09. The predicted molar refractivity (Wildman–Crippen MR) is 105 cm³/mol. The van der Waals surface area contributed by atoms with Crippen molar-refractivity contribution in [3.05, 3.63) is 63.4 Å². The van der Waals surface area contributed by atoms with E-state index in [-0.39, 0.29) is 11.8 Å². The summed E-state index contributed by atoms with van der Waals surface area (Å²) in [6.07, 6.45) is 5.07. The van der Waals surface area contributed by atoms with Crippen molar-refractivity contribution in [1.29, 1.82) is 0 Å². The van der Waals surface area contributed by atoms with E-state index < -0.39 is 5.60 Å². The summed E-state index contributed by atoms with van der Waals surface area (Å²) in [7, 11) is 0. The summed E-state index contributed by atoms with van der Waals surface area (Å²) in [4.78, 5) is 7.03. The first kappa shape index (κ1) is 18.2. The van der Waals surface area contributed by atoms with Gasteiger partial charge in [0.15, 0.2) is 0 Å². The zero-order chi connectivity index (χ0) is 18.3. The molecule has 138 valence electrons. The molecule has 2 aliphatic rings. The van der Waals surface area contributed by atoms with Gasteiger partial charge >= 0.3 is 0 Å². The van der Waals surface area contributed by atoms with Crippen LogP contribution in [-0.4, -0.2) is 28.1 Å². The smallest absolute Gasteiger partial charge is 0.115 e. The number of aromatic nitrogens is 1. The van der Waals surface area contributed by atoms with Gasteiger partial charge in [-0.2, -0.15) is 0 Å². The average molecular weight is 391 g/mol. The molecule has 1 saturated carbocycles. The zero-order valence-corrected chi connectivity index (χ0v) is 16.5. The molecule has 1 aliphatic heterocycles. The number of fused-ring (bicyclic) bond motifs is 2. The van der Waals surface area contributed by atoms with E-state index >= 15 is 0 Å². The maximum absolute atomic E-state index is 11.7. The number of aliphatic hydroxyl groups is 1. The molecule has 3 nitrogen and oxygen atoms in total. The van der Waals surface area contributed by atoms with Gasteiger partial charge in [-0.1, -0.05) is 41.8 Å². The van der Waals surface area contributed by atoms with Gasteiger partial charge < -0.3 is 5.11 Å². The molecule has 3 atom stereocenters. The van der Waals surface area contributed by atoms with Crippen LogP contribution in [0.5, 0.6) is 0 Å². The van der Waals surface area contributed by atoms with E-state index in [9.17, 15) is 5.11 Å². The van der Waals surface area contributed by atoms with Crippen molar-refractivity contribution in [3.8, 4) is 0 Å². The minimum Gasteiger partial charge on any atom is -0.383 e. The molecule has 0 radical (unpaired) electrons. The van der Waals surface area contributed by atoms with Crippen LogP contribution in [0.2, 0.25) is 10.0 Å². The van der Waals surface area contributed by atoms with Crippen LogP contribution >= 0.6 is 23.2 Å². The van der Waals surface area contributed by atoms with Crippen LogP contribution in [0, 0.1) is 18.8 Å². The fourth-order valence-electron chi connectivity index (χ4n) is 4.86. The zero-order valence-electron chi connectivity index (χ0n) is 15.0. The van der Waals surface area contributed by atoms with E-state index in [0.29, 0.717) is 10.0 Å². The topological polar surface area (TPSA) is 36.4 Å². The number of benzene rings is 1. The van der Waals surface area contributed by atoms with Crippen LogP contribution in [0.1, 0.15) is 36.1 Å². The number of hydrogen-bond donors (Lipinski definition) is 1. The van der Waals surface area contributed by atoms with Crippen molar-refractivity contribution in [2.75, 3.05) is 13.1 Å². The molecule has 0 spiro atoms. The van der Waals surface area contributed by atoms with E-state index in [0.717, 1.165) is 49.3 Å². The third kappa shape index (κ3) is 3.16. The van der Waals surface area contributed by atoms with Crippen LogP contribution in [0.25, 0.3) is 0 Å². The molecule has 2 heterocycles. The molecule has 26 heavy (non-hydrogen) atoms. The van der Waals surface area contributed by atoms with E-state index in [1.807, 2.05) is 24.3 Å². The molecule has 1 aromatic heterocycles. The predicted octanol–water partition coefficient (Wildman–Crippen LogP) is 4.82. The van der Waals surface area contributed by atoms with Crippen molar-refractivity contribution >= 4 is 23.2 Å². The minimum atomic E-state index is -0.808. The Hall–Kier alpha value is -1.13. The highest BCUT2D eigenvalue weighted by atomic mass is 35.5. The summed E-state index contributed by atoms with van der Waals surface area (Å²) >= 11 is 12.2. The monoisotopic (exact) mass is 390 g/mol. The first-order valence-corrected chi connectivity index (χ1v) is 10.0. The number of halogens is 2. The maximum atomic E-state index is 11.7. The molecule has 1 aliphatic carbocycles. The number of aryl methyl sites for hydroxylation is 1. The molecular formula is C21H24Cl2N2O. The lowest BCUT2D eigenvalue weighted by Gasteiger charge is -2.53. The van der Waals surface area contributed by atoms with Gasteiger partial charge in [0.25, 0.3) is 0 Å². The largest absolute Gasteiger partial charge is 0.383 e. The number of likely N-dealkylation sites (tertiary alicyclic amines) is 1. The molecule has 2 fully saturated rings. The minimum absolute atomic E-state index is 0.214. The Kier molecular flexibility index (Phi) is 5.00. The second kappa shape index (κ2) is 7.12. The molecule has 5 heteroatoms. The molecule has 1 N–H and O–H groups in total. The molecule has 4 rings (SSSR count). The van der Waals surface area contributed by atoms with Crippen molar-refractivity contribution in [1.82, 2.24) is 9.88 Å². The van der Waals surface area contributed by atoms with E-state index in [1.165, 1.54) is 6.42 Å². The quantitative estimate of drug-likeness (QED) is 0.815. The van der Waals surface area contributed by atoms with Crippen molar-refractivity contribution < 1.29 is 5.11 Å². The molecule has 1 aromatic carbocycles. The van der Waals surface area contributed by atoms with Crippen molar-refractivity contribution in [2.24, 2.45) is 11.8 Å². The van der Waals surface area contributed by atoms with Gasteiger partial charge in [-0.15, -0.1) is 0 Å². The molecule has 1 unspecified atom stereocenters. The van der Waals surface area contributed by atoms with Gasteiger partial charge in [-0.3, -0.25) is 9.88 Å². The Morgan fingerprint density at radius 1 is 1.15 bits per heavy atom. The average Bonchev–Trinajstić information content (AvgIpc) is 2.59. The lowest BCUT2D eigenvalue weighted by molar-refractivity contribution is -0.151. The summed E-state index contributed by atoms with van der Waals surface area (Å²) < 4.78 is 0. The van der Waals surface area contributed by atoms with Crippen LogP contribution in [0.4, 0.5) is 0 Å². The van der Waals surface area contributed by atoms with Gasteiger partial charge in [0.05, 0.1) is 15.7 Å². The first-order chi connectivity index (χ1) is 12.5. The van der Waals surface area contributed by atoms with Crippen LogP contribution in [0.15, 0.2) is 36.5 Å². The number of hydrogen-bond acceptors (Lipinski definition) is 3. The second-order valence-corrected chi connectivity index (χ2v) is 8.58. The standard InChI is InChI=1S/C21H24Cl2N2O/c1-14-4-3-9-24-20(14)21(26)16-5-2-6-17(21)13-25(12-16)11-15-7-8-18(22)19(23)10-15/h3-4,7-10,16-17,26H,2,5-6,11-13H2,1H3/t16-,17+,21?. The summed E-state index contributed by atoms with van der Waals surface area (Å²) in [6, 6.07) is 9.84. The van der Waals surface area contributed by atoms with Crippen LogP contribution < -0.4 is 0 Å². The lowest BCUT2D eigenvalue weighted by Crippen LogP contribution is -2.58. The third-order valence-corrected chi connectivity index (χ3v) is 6.83. The highest BCUT2D eigenvalue weighted by Gasteiger charge is 2.52. The Balaban J connectivity index is 1.58. The van der Waals surface area contributed by atoms with Crippen molar-refractivity contribution in [3.63, 3.8) is 0 Å². The Morgan fingerprint density at radius 2 is 1.88 bits per heavy atom. The molecule has 2 bridgehead atoms. The molecular weight excluding hydrogens is 367 g/mol. The molecule has 0 amide bonds. The number of rotatable bonds is 3. The van der Waals surface area contributed by atoms with E-state index in [4.69, 9.17) is 23.2 Å².